The summed E-state index contributed by atoms with van der Waals surface area (Å²) in [6.07, 6.45) is 2.99. The van der Waals surface area contributed by atoms with E-state index in [1.54, 1.807) is 24.3 Å². The Balaban J connectivity index is 1.60. The van der Waals surface area contributed by atoms with Gasteiger partial charge in [0, 0.05) is 49.3 Å². The quantitative estimate of drug-likeness (QED) is 0.506. The summed E-state index contributed by atoms with van der Waals surface area (Å²) < 4.78 is 11.8. The molecule has 35 heavy (non-hydrogen) atoms. The molecule has 2 aliphatic heterocycles. The molecule has 6 heteroatoms. The van der Waals surface area contributed by atoms with E-state index >= 15 is 0 Å². The number of carbonyl (C=O) groups is 2. The molecular weight excluding hydrogens is 440 g/mol. The summed E-state index contributed by atoms with van der Waals surface area (Å²) in [6.45, 7) is 17.5. The lowest BCUT2D eigenvalue weighted by Gasteiger charge is -2.42. The number of carbonyl (C=O) groups excluding carboxylic acids is 2. The Labute approximate surface area is 211 Å². The molecule has 1 aromatic carbocycles. The molecule has 0 saturated carbocycles. The molecule has 3 rings (SSSR count). The van der Waals surface area contributed by atoms with Crippen LogP contribution in [0.2, 0.25) is 0 Å². The van der Waals surface area contributed by atoms with Gasteiger partial charge in [-0.05, 0) is 55.9 Å². The van der Waals surface area contributed by atoms with Crippen molar-refractivity contribution in [1.82, 2.24) is 10.6 Å². The topological polar surface area (TPSA) is 76.7 Å². The minimum absolute atomic E-state index is 0.0798. The summed E-state index contributed by atoms with van der Waals surface area (Å²) in [4.78, 5) is 25.7. The fourth-order valence-electron chi connectivity index (χ4n) is 5.36. The van der Waals surface area contributed by atoms with Gasteiger partial charge in [0.2, 0.25) is 0 Å². The number of hydrogen-bond acceptors (Lipinski definition) is 6. The van der Waals surface area contributed by atoms with Crippen LogP contribution < -0.4 is 10.6 Å². The Hall–Kier alpha value is -1.92. The van der Waals surface area contributed by atoms with Gasteiger partial charge in [-0.15, -0.1) is 0 Å². The summed E-state index contributed by atoms with van der Waals surface area (Å²) >= 11 is 0. The van der Waals surface area contributed by atoms with Gasteiger partial charge in [0.1, 0.15) is 12.2 Å². The predicted octanol–water partition coefficient (Wildman–Crippen LogP) is 5.36. The lowest BCUT2D eigenvalue weighted by molar-refractivity contribution is 0.0000467. The van der Waals surface area contributed by atoms with E-state index in [1.165, 1.54) is 0 Å². The van der Waals surface area contributed by atoms with Crippen LogP contribution in [0.3, 0.4) is 0 Å². The van der Waals surface area contributed by atoms with Crippen LogP contribution in [-0.4, -0.2) is 47.8 Å². The van der Waals surface area contributed by atoms with Crippen molar-refractivity contribution in [1.29, 1.82) is 0 Å². The third kappa shape index (κ3) is 7.53. The first-order valence-electron chi connectivity index (χ1n) is 13.4. The van der Waals surface area contributed by atoms with Crippen molar-refractivity contribution in [3.05, 3.63) is 35.4 Å². The lowest BCUT2D eigenvalue weighted by atomic mass is 9.83. The van der Waals surface area contributed by atoms with Crippen molar-refractivity contribution >= 4 is 11.9 Å². The maximum atomic E-state index is 12.9. The number of hydrogen-bond donors (Lipinski definition) is 2. The van der Waals surface area contributed by atoms with Crippen LogP contribution in [0.1, 0.15) is 102 Å². The zero-order chi connectivity index (χ0) is 25.9. The number of piperidine rings is 2. The largest absolute Gasteiger partial charge is 0.459 e. The number of ether oxygens (including phenoxy) is 2. The standard InChI is InChI=1S/C29H46N2O4/c1-17(2)24-13-22(14-25(30-24)18(3)4)34-27(32)20-9-11-21(12-10-20)28(33)35-23-15-26(19(5)6)31-29(7,8)16-23/h9-12,17-19,22-26,30-31H,13-16H2,1-8H3. The molecule has 2 saturated heterocycles. The van der Waals surface area contributed by atoms with Gasteiger partial charge >= 0.3 is 11.9 Å². The number of nitrogens with one attached hydrogen (secondary N) is 2. The van der Waals surface area contributed by atoms with E-state index in [1.807, 2.05) is 0 Å². The van der Waals surface area contributed by atoms with Crippen molar-refractivity contribution in [3.63, 3.8) is 0 Å². The van der Waals surface area contributed by atoms with Crippen molar-refractivity contribution in [2.75, 3.05) is 0 Å². The second-order valence-electron chi connectivity index (χ2n) is 12.3. The summed E-state index contributed by atoms with van der Waals surface area (Å²) in [5.41, 5.74) is 0.842. The van der Waals surface area contributed by atoms with Crippen molar-refractivity contribution in [3.8, 4) is 0 Å². The number of esters is 2. The fraction of sp³-hybridized carbons (Fsp3) is 0.724. The van der Waals surface area contributed by atoms with Crippen LogP contribution in [0.4, 0.5) is 0 Å². The Morgan fingerprint density at radius 3 is 1.57 bits per heavy atom. The van der Waals surface area contributed by atoms with Gasteiger partial charge in [0.05, 0.1) is 11.1 Å². The molecule has 0 radical (unpaired) electrons. The van der Waals surface area contributed by atoms with Crippen LogP contribution in [0.5, 0.6) is 0 Å². The lowest BCUT2D eigenvalue weighted by Crippen LogP contribution is -2.56. The predicted molar refractivity (Wildman–Crippen MR) is 140 cm³/mol. The molecule has 0 bridgehead atoms. The minimum atomic E-state index is -0.340. The van der Waals surface area contributed by atoms with Crippen molar-refractivity contribution in [2.24, 2.45) is 17.8 Å². The van der Waals surface area contributed by atoms with E-state index in [2.05, 4.69) is 66.0 Å². The van der Waals surface area contributed by atoms with Crippen molar-refractivity contribution in [2.45, 2.75) is 117 Å². The Kier molecular flexibility index (Phi) is 9.03. The zero-order valence-corrected chi connectivity index (χ0v) is 22.9. The molecule has 0 aromatic heterocycles. The summed E-state index contributed by atoms with van der Waals surface area (Å²) in [5.74, 6) is 0.746. The molecule has 2 aliphatic rings. The van der Waals surface area contributed by atoms with E-state index in [-0.39, 0.29) is 29.7 Å². The molecule has 0 spiro atoms. The third-order valence-electron chi connectivity index (χ3n) is 7.61. The normalized spacial score (nSPS) is 28.8. The maximum Gasteiger partial charge on any atom is 0.338 e. The first-order valence-corrected chi connectivity index (χ1v) is 13.4. The first kappa shape index (κ1) is 27.7. The van der Waals surface area contributed by atoms with Gasteiger partial charge < -0.3 is 20.1 Å². The highest BCUT2D eigenvalue weighted by molar-refractivity contribution is 5.93. The molecule has 196 valence electrons. The Morgan fingerprint density at radius 2 is 1.14 bits per heavy atom. The van der Waals surface area contributed by atoms with E-state index in [9.17, 15) is 9.59 Å². The van der Waals surface area contributed by atoms with Gasteiger partial charge in [-0.1, -0.05) is 41.5 Å². The highest BCUT2D eigenvalue weighted by Gasteiger charge is 2.37. The summed E-state index contributed by atoms with van der Waals surface area (Å²) in [5, 5.41) is 7.38. The Morgan fingerprint density at radius 1 is 0.743 bits per heavy atom. The van der Waals surface area contributed by atoms with Crippen LogP contribution in [0.25, 0.3) is 0 Å². The van der Waals surface area contributed by atoms with Gasteiger partial charge in [-0.3, -0.25) is 0 Å². The van der Waals surface area contributed by atoms with Crippen LogP contribution in [-0.2, 0) is 9.47 Å². The molecule has 2 N–H and O–H groups in total. The molecule has 4 unspecified atom stereocenters. The average Bonchev–Trinajstić information content (AvgIpc) is 2.77. The molecule has 1 aromatic rings. The molecular formula is C29H46N2O4. The molecule has 6 nitrogen and oxygen atoms in total. The molecule has 0 aliphatic carbocycles. The van der Waals surface area contributed by atoms with Gasteiger partial charge in [-0.2, -0.15) is 0 Å². The molecule has 2 heterocycles. The first-order chi connectivity index (χ1) is 16.3. The number of benzene rings is 1. The van der Waals surface area contributed by atoms with E-state index in [0.29, 0.717) is 47.0 Å². The van der Waals surface area contributed by atoms with Gasteiger partial charge in [0.15, 0.2) is 0 Å². The third-order valence-corrected chi connectivity index (χ3v) is 7.61. The molecule has 2 fully saturated rings. The second kappa shape index (κ2) is 11.4. The van der Waals surface area contributed by atoms with Crippen molar-refractivity contribution < 1.29 is 19.1 Å². The average molecular weight is 487 g/mol. The second-order valence-corrected chi connectivity index (χ2v) is 12.3. The van der Waals surface area contributed by atoms with Gasteiger partial charge in [-0.25, -0.2) is 9.59 Å². The van der Waals surface area contributed by atoms with Crippen LogP contribution >= 0.6 is 0 Å². The monoisotopic (exact) mass is 486 g/mol. The Bertz CT molecular complexity index is 846. The summed E-state index contributed by atoms with van der Waals surface area (Å²) in [7, 11) is 0. The number of rotatable bonds is 7. The molecule has 4 atom stereocenters. The zero-order valence-electron chi connectivity index (χ0n) is 22.9. The van der Waals surface area contributed by atoms with E-state index in [0.717, 1.165) is 25.7 Å². The van der Waals surface area contributed by atoms with Gasteiger partial charge in [0.25, 0.3) is 0 Å². The highest BCUT2D eigenvalue weighted by Crippen LogP contribution is 2.29. The van der Waals surface area contributed by atoms with E-state index in [4.69, 9.17) is 9.47 Å². The summed E-state index contributed by atoms with van der Waals surface area (Å²) in [6, 6.07) is 7.66. The fourth-order valence-corrected chi connectivity index (χ4v) is 5.36. The molecule has 0 amide bonds. The maximum absolute atomic E-state index is 12.9. The van der Waals surface area contributed by atoms with Crippen LogP contribution in [0, 0.1) is 17.8 Å². The smallest absolute Gasteiger partial charge is 0.338 e. The SMILES string of the molecule is CC(C)C1CC(OC(=O)c2ccc(C(=O)OC3CC(C(C)C)NC(C)(C)C3)cc2)CC(C(C)C)N1. The minimum Gasteiger partial charge on any atom is -0.459 e. The van der Waals surface area contributed by atoms with Crippen LogP contribution in [0.15, 0.2) is 24.3 Å². The van der Waals surface area contributed by atoms with E-state index < -0.39 is 0 Å². The highest BCUT2D eigenvalue weighted by atomic mass is 16.5.